The summed E-state index contributed by atoms with van der Waals surface area (Å²) < 4.78 is 39.6. The fraction of sp³-hybridized carbons (Fsp3) is 0.556. The maximum absolute atomic E-state index is 13.2. The summed E-state index contributed by atoms with van der Waals surface area (Å²) >= 11 is 3.37. The summed E-state index contributed by atoms with van der Waals surface area (Å²) in [6.07, 6.45) is -3.56. The molecule has 3 atom stereocenters. The van der Waals surface area contributed by atoms with E-state index in [9.17, 15) is 22.8 Å². The molecule has 2 fully saturated rings. The number of fused-ring (bicyclic) bond motifs is 2. The third-order valence-corrected chi connectivity index (χ3v) is 7.80. The number of hydrogen-bond acceptors (Lipinski definition) is 2. The largest absolute Gasteiger partial charge is 0.418 e. The second-order valence-electron chi connectivity index (χ2n) is 7.65. The van der Waals surface area contributed by atoms with Crippen molar-refractivity contribution < 1.29 is 22.8 Å². The van der Waals surface area contributed by atoms with Gasteiger partial charge in [0.15, 0.2) is 5.78 Å². The minimum Gasteiger partial charge on any atom is -0.325 e. The van der Waals surface area contributed by atoms with E-state index in [0.29, 0.717) is 12.8 Å². The second kappa shape index (κ2) is 5.32. The lowest BCUT2D eigenvalue weighted by Gasteiger charge is -2.39. The van der Waals surface area contributed by atoms with Crippen LogP contribution >= 0.6 is 15.9 Å². The smallest absolute Gasteiger partial charge is 0.325 e. The summed E-state index contributed by atoms with van der Waals surface area (Å²) in [5.41, 5.74) is -3.58. The number of Topliss-reactive ketones (excluding diaryl/α,β-unsaturated/α-hetero) is 1. The SMILES string of the molecule is CC1(C)[C@@]2(C)CC[C@]1(C(=O)Nc1ccccc1C(F)(F)F)[C@@H](Br)C2=O. The van der Waals surface area contributed by atoms with Crippen molar-refractivity contribution in [2.24, 2.45) is 16.2 Å². The highest BCUT2D eigenvalue weighted by atomic mass is 79.9. The van der Waals surface area contributed by atoms with E-state index in [1.54, 1.807) is 0 Å². The van der Waals surface area contributed by atoms with Gasteiger partial charge in [-0.15, -0.1) is 0 Å². The average molecular weight is 418 g/mol. The van der Waals surface area contributed by atoms with E-state index >= 15 is 0 Å². The van der Waals surface area contributed by atoms with Crippen molar-refractivity contribution in [1.82, 2.24) is 0 Å². The molecule has 1 aromatic carbocycles. The standard InChI is InChI=1S/C18H19BrF3NO2/c1-15(2)16(3)8-9-17(15,12(19)13(16)24)14(25)23-11-7-5-4-6-10(11)18(20,21)22/h4-7,12H,8-9H2,1-3H3,(H,23,25)/t12-,16-,17+/m0/s1. The Kier molecular flexibility index (Phi) is 3.92. The van der Waals surface area contributed by atoms with Crippen molar-refractivity contribution in [3.8, 4) is 0 Å². The molecular weight excluding hydrogens is 399 g/mol. The van der Waals surface area contributed by atoms with Crippen LogP contribution in [0.4, 0.5) is 18.9 Å². The molecule has 2 aliphatic carbocycles. The van der Waals surface area contributed by atoms with Gasteiger partial charge in [-0.25, -0.2) is 0 Å². The molecule has 2 aliphatic rings. The molecule has 3 nitrogen and oxygen atoms in total. The number of rotatable bonds is 2. The lowest BCUT2D eigenvalue weighted by Crippen LogP contribution is -2.48. The Morgan fingerprint density at radius 2 is 1.80 bits per heavy atom. The van der Waals surface area contributed by atoms with Crippen LogP contribution in [0.1, 0.15) is 39.2 Å². The van der Waals surface area contributed by atoms with Crippen molar-refractivity contribution in [2.45, 2.75) is 44.6 Å². The number of halogens is 4. The van der Waals surface area contributed by atoms with Crippen LogP contribution in [0, 0.1) is 16.2 Å². The summed E-state index contributed by atoms with van der Waals surface area (Å²) in [5.74, 6) is -0.589. The van der Waals surface area contributed by atoms with E-state index in [1.165, 1.54) is 18.2 Å². The first kappa shape index (κ1) is 18.4. The molecule has 25 heavy (non-hydrogen) atoms. The highest BCUT2D eigenvalue weighted by molar-refractivity contribution is 9.10. The Labute approximate surface area is 152 Å². The third-order valence-electron chi connectivity index (χ3n) is 6.61. The number of benzene rings is 1. The predicted molar refractivity (Wildman–Crippen MR) is 91.4 cm³/mol. The summed E-state index contributed by atoms with van der Waals surface area (Å²) in [6.45, 7) is 5.55. The number of hydrogen-bond donors (Lipinski definition) is 1. The summed E-state index contributed by atoms with van der Waals surface area (Å²) in [7, 11) is 0. The minimum atomic E-state index is -4.57. The molecule has 0 saturated heterocycles. The van der Waals surface area contributed by atoms with Crippen molar-refractivity contribution in [1.29, 1.82) is 0 Å². The fourth-order valence-electron chi connectivity index (χ4n) is 4.53. The van der Waals surface area contributed by atoms with E-state index in [1.807, 2.05) is 20.8 Å². The van der Waals surface area contributed by atoms with Gasteiger partial charge in [0.2, 0.25) is 5.91 Å². The Bertz CT molecular complexity index is 761. The first-order valence-electron chi connectivity index (χ1n) is 8.06. The van der Waals surface area contributed by atoms with Gasteiger partial charge < -0.3 is 5.32 Å². The highest BCUT2D eigenvalue weighted by Crippen LogP contribution is 2.72. The number of nitrogens with one attached hydrogen (secondary N) is 1. The quantitative estimate of drug-likeness (QED) is 0.702. The second-order valence-corrected chi connectivity index (χ2v) is 8.57. The number of anilines is 1. The fourth-order valence-corrected chi connectivity index (χ4v) is 6.04. The Hall–Kier alpha value is -1.37. The molecule has 1 aromatic rings. The maximum atomic E-state index is 13.2. The Morgan fingerprint density at radius 3 is 2.32 bits per heavy atom. The van der Waals surface area contributed by atoms with Gasteiger partial charge in [0, 0.05) is 5.41 Å². The first-order valence-corrected chi connectivity index (χ1v) is 8.97. The topological polar surface area (TPSA) is 46.2 Å². The van der Waals surface area contributed by atoms with Crippen LogP contribution in [-0.2, 0) is 15.8 Å². The molecule has 0 aliphatic heterocycles. The molecule has 2 saturated carbocycles. The molecule has 0 heterocycles. The van der Waals surface area contributed by atoms with Crippen molar-refractivity contribution in [3.63, 3.8) is 0 Å². The van der Waals surface area contributed by atoms with Gasteiger partial charge in [-0.2, -0.15) is 13.2 Å². The molecule has 3 rings (SSSR count). The van der Waals surface area contributed by atoms with E-state index < -0.39 is 38.7 Å². The predicted octanol–water partition coefficient (Wildman–Crippen LogP) is 4.80. The summed E-state index contributed by atoms with van der Waals surface area (Å²) in [6, 6.07) is 4.89. The molecule has 2 bridgehead atoms. The van der Waals surface area contributed by atoms with Gasteiger partial charge in [-0.05, 0) is 30.4 Å². The molecular formula is C18H19BrF3NO2. The van der Waals surface area contributed by atoms with E-state index in [2.05, 4.69) is 21.2 Å². The molecule has 136 valence electrons. The monoisotopic (exact) mass is 417 g/mol. The molecule has 0 radical (unpaired) electrons. The number of alkyl halides is 4. The zero-order valence-corrected chi connectivity index (χ0v) is 15.7. The Morgan fingerprint density at radius 1 is 1.20 bits per heavy atom. The van der Waals surface area contributed by atoms with Gasteiger partial charge in [0.25, 0.3) is 0 Å². The van der Waals surface area contributed by atoms with Gasteiger partial charge in [-0.3, -0.25) is 9.59 Å². The normalized spacial score (nSPS) is 33.6. The summed E-state index contributed by atoms with van der Waals surface area (Å²) in [4.78, 5) is 25.1. The van der Waals surface area contributed by atoms with Gasteiger partial charge in [0.1, 0.15) is 0 Å². The van der Waals surface area contributed by atoms with Crippen LogP contribution < -0.4 is 5.32 Å². The molecule has 0 spiro atoms. The molecule has 0 aromatic heterocycles. The maximum Gasteiger partial charge on any atom is 0.418 e. The van der Waals surface area contributed by atoms with Gasteiger partial charge >= 0.3 is 6.18 Å². The summed E-state index contributed by atoms with van der Waals surface area (Å²) in [5, 5.41) is 2.46. The van der Waals surface area contributed by atoms with Crippen LogP contribution in [0.15, 0.2) is 24.3 Å². The average Bonchev–Trinajstić information content (AvgIpc) is 2.79. The Balaban J connectivity index is 2.02. The number of carbonyl (C=O) groups is 2. The number of ketones is 1. The van der Waals surface area contributed by atoms with E-state index in [0.717, 1.165) is 6.07 Å². The molecule has 1 N–H and O–H groups in total. The zero-order chi connectivity index (χ0) is 18.8. The number of amides is 1. The van der Waals surface area contributed by atoms with E-state index in [-0.39, 0.29) is 11.5 Å². The number of para-hydroxylation sites is 1. The van der Waals surface area contributed by atoms with Gasteiger partial charge in [0.05, 0.1) is 21.5 Å². The lowest BCUT2D eigenvalue weighted by molar-refractivity contribution is -0.137. The van der Waals surface area contributed by atoms with Crippen LogP contribution in [0.25, 0.3) is 0 Å². The van der Waals surface area contributed by atoms with E-state index in [4.69, 9.17) is 0 Å². The molecule has 7 heteroatoms. The minimum absolute atomic E-state index is 0.0528. The van der Waals surface area contributed by atoms with Crippen molar-refractivity contribution in [2.75, 3.05) is 5.32 Å². The van der Waals surface area contributed by atoms with Crippen LogP contribution in [-0.4, -0.2) is 16.5 Å². The molecule has 0 unspecified atom stereocenters. The molecule has 1 amide bonds. The van der Waals surface area contributed by atoms with Crippen molar-refractivity contribution in [3.05, 3.63) is 29.8 Å². The zero-order valence-electron chi connectivity index (χ0n) is 14.1. The van der Waals surface area contributed by atoms with Crippen LogP contribution in [0.3, 0.4) is 0 Å². The van der Waals surface area contributed by atoms with Crippen LogP contribution in [0.2, 0.25) is 0 Å². The number of carbonyl (C=O) groups excluding carboxylic acids is 2. The first-order chi connectivity index (χ1) is 11.4. The highest BCUT2D eigenvalue weighted by Gasteiger charge is 2.76. The van der Waals surface area contributed by atoms with Gasteiger partial charge in [-0.1, -0.05) is 48.8 Å². The lowest BCUT2D eigenvalue weighted by atomic mass is 9.64. The van der Waals surface area contributed by atoms with Crippen molar-refractivity contribution >= 4 is 33.3 Å². The van der Waals surface area contributed by atoms with Crippen LogP contribution in [0.5, 0.6) is 0 Å². The third kappa shape index (κ3) is 2.17.